The van der Waals surface area contributed by atoms with Crippen molar-refractivity contribution in [3.8, 4) is 0 Å². The fourth-order valence-corrected chi connectivity index (χ4v) is 2.91. The highest BCUT2D eigenvalue weighted by atomic mass is 79.9. The summed E-state index contributed by atoms with van der Waals surface area (Å²) in [6.07, 6.45) is 0. The van der Waals surface area contributed by atoms with E-state index >= 15 is 0 Å². The molecule has 0 aliphatic heterocycles. The average molecular weight is 368 g/mol. The molecule has 1 atom stereocenters. The van der Waals surface area contributed by atoms with Crippen LogP contribution in [0.1, 0.15) is 24.1 Å². The van der Waals surface area contributed by atoms with Crippen LogP contribution in [0.25, 0.3) is 0 Å². The third-order valence-corrected chi connectivity index (χ3v) is 4.73. The molecule has 0 bridgehead atoms. The Morgan fingerprint density at radius 2 is 1.86 bits per heavy atom. The second-order valence-electron chi connectivity index (χ2n) is 5.14. The average Bonchev–Trinajstić information content (AvgIpc) is 2.49. The molecule has 0 saturated carbocycles. The number of hydrogen-bond acceptors (Lipinski definition) is 2. The van der Waals surface area contributed by atoms with Crippen molar-refractivity contribution in [3.63, 3.8) is 0 Å². The van der Waals surface area contributed by atoms with Crippen molar-refractivity contribution in [2.24, 2.45) is 0 Å². The zero-order valence-electron chi connectivity index (χ0n) is 12.5. The van der Waals surface area contributed by atoms with E-state index in [2.05, 4.69) is 70.4 Å². The molecule has 0 aromatic heterocycles. The van der Waals surface area contributed by atoms with Crippen LogP contribution in [0.2, 0.25) is 5.02 Å². The van der Waals surface area contributed by atoms with Crippen LogP contribution in [0, 0.1) is 0 Å². The molecule has 21 heavy (non-hydrogen) atoms. The first-order chi connectivity index (χ1) is 10.0. The second kappa shape index (κ2) is 7.30. The van der Waals surface area contributed by atoms with Crippen LogP contribution in [-0.2, 0) is 6.54 Å². The molecule has 0 aliphatic carbocycles. The quantitative estimate of drug-likeness (QED) is 0.798. The lowest BCUT2D eigenvalue weighted by Crippen LogP contribution is -2.21. The number of nitrogens with one attached hydrogen (secondary N) is 1. The van der Waals surface area contributed by atoms with E-state index in [-0.39, 0.29) is 6.04 Å². The minimum atomic E-state index is 0.282. The molecule has 112 valence electrons. The maximum atomic E-state index is 5.96. The van der Waals surface area contributed by atoms with Crippen LogP contribution < -0.4 is 10.2 Å². The Labute approximate surface area is 140 Å². The van der Waals surface area contributed by atoms with Crippen molar-refractivity contribution in [2.75, 3.05) is 19.0 Å². The lowest BCUT2D eigenvalue weighted by Gasteiger charge is -2.28. The molecule has 0 amide bonds. The largest absolute Gasteiger partial charge is 0.368 e. The molecule has 4 heteroatoms. The van der Waals surface area contributed by atoms with Gasteiger partial charge in [-0.2, -0.15) is 0 Å². The zero-order chi connectivity index (χ0) is 15.4. The zero-order valence-corrected chi connectivity index (χ0v) is 14.9. The van der Waals surface area contributed by atoms with Gasteiger partial charge in [-0.15, -0.1) is 0 Å². The molecule has 2 aromatic rings. The van der Waals surface area contributed by atoms with Gasteiger partial charge >= 0.3 is 0 Å². The van der Waals surface area contributed by atoms with Crippen LogP contribution >= 0.6 is 27.5 Å². The molecule has 0 spiro atoms. The molecule has 0 radical (unpaired) electrons. The Kier molecular flexibility index (Phi) is 5.68. The van der Waals surface area contributed by atoms with E-state index in [0.717, 1.165) is 16.0 Å². The third kappa shape index (κ3) is 4.00. The number of anilines is 1. The van der Waals surface area contributed by atoms with Crippen molar-refractivity contribution in [3.05, 3.63) is 63.1 Å². The maximum Gasteiger partial charge on any atom is 0.0511 e. The lowest BCUT2D eigenvalue weighted by molar-refractivity contribution is 0.738. The minimum Gasteiger partial charge on any atom is -0.368 e. The van der Waals surface area contributed by atoms with Gasteiger partial charge in [-0.3, -0.25) is 0 Å². The molecule has 1 unspecified atom stereocenters. The van der Waals surface area contributed by atoms with Gasteiger partial charge in [-0.1, -0.05) is 45.7 Å². The van der Waals surface area contributed by atoms with Gasteiger partial charge in [0.15, 0.2) is 0 Å². The Bertz CT molecular complexity index is 598. The molecule has 0 aliphatic rings. The van der Waals surface area contributed by atoms with Crippen molar-refractivity contribution < 1.29 is 0 Å². The van der Waals surface area contributed by atoms with Crippen LogP contribution in [0.4, 0.5) is 5.69 Å². The topological polar surface area (TPSA) is 15.3 Å². The molecule has 2 rings (SSSR count). The molecule has 2 nitrogen and oxygen atoms in total. The first-order valence-electron chi connectivity index (χ1n) is 6.94. The Balaban J connectivity index is 2.20. The summed E-state index contributed by atoms with van der Waals surface area (Å²) in [5.41, 5.74) is 3.69. The summed E-state index contributed by atoms with van der Waals surface area (Å²) in [6.45, 7) is 3.05. The molecular weight excluding hydrogens is 348 g/mol. The van der Waals surface area contributed by atoms with Gasteiger partial charge in [-0.25, -0.2) is 0 Å². The van der Waals surface area contributed by atoms with E-state index in [1.54, 1.807) is 0 Å². The number of benzene rings is 2. The number of nitrogens with zero attached hydrogens (tertiary/aromatic N) is 1. The monoisotopic (exact) mass is 366 g/mol. The second-order valence-corrected chi connectivity index (χ2v) is 6.44. The molecular formula is C17H20BrClN2. The summed E-state index contributed by atoms with van der Waals surface area (Å²) in [6, 6.07) is 14.8. The van der Waals surface area contributed by atoms with Crippen molar-refractivity contribution in [1.29, 1.82) is 0 Å². The SMILES string of the molecule is CNCc1ccc(N(C)C(C)c2ccc(Cl)cc2)cc1Br. The van der Waals surface area contributed by atoms with Gasteiger partial charge in [0.1, 0.15) is 0 Å². The third-order valence-electron chi connectivity index (χ3n) is 3.74. The molecule has 2 aromatic carbocycles. The Morgan fingerprint density at radius 3 is 2.43 bits per heavy atom. The van der Waals surface area contributed by atoms with E-state index in [0.29, 0.717) is 0 Å². The lowest BCUT2D eigenvalue weighted by atomic mass is 10.1. The summed E-state index contributed by atoms with van der Waals surface area (Å²) < 4.78 is 1.13. The van der Waals surface area contributed by atoms with E-state index < -0.39 is 0 Å². The number of hydrogen-bond donors (Lipinski definition) is 1. The number of rotatable bonds is 5. The van der Waals surface area contributed by atoms with Gasteiger partial charge < -0.3 is 10.2 Å². The predicted molar refractivity (Wildman–Crippen MR) is 95.2 cm³/mol. The Morgan fingerprint density at radius 1 is 1.19 bits per heavy atom. The molecule has 1 N–H and O–H groups in total. The van der Waals surface area contributed by atoms with E-state index in [4.69, 9.17) is 11.6 Å². The number of halogens is 2. The summed E-state index contributed by atoms with van der Waals surface area (Å²) >= 11 is 9.60. The minimum absolute atomic E-state index is 0.282. The predicted octanol–water partition coefficient (Wildman–Crippen LogP) is 5.02. The first kappa shape index (κ1) is 16.3. The fourth-order valence-electron chi connectivity index (χ4n) is 2.28. The normalized spacial score (nSPS) is 12.2. The van der Waals surface area contributed by atoms with E-state index in [1.165, 1.54) is 16.8 Å². The van der Waals surface area contributed by atoms with Gasteiger partial charge in [0.05, 0.1) is 6.04 Å². The van der Waals surface area contributed by atoms with Crippen molar-refractivity contribution in [1.82, 2.24) is 5.32 Å². The van der Waals surface area contributed by atoms with E-state index in [1.807, 2.05) is 19.2 Å². The fraction of sp³-hybridized carbons (Fsp3) is 0.294. The van der Waals surface area contributed by atoms with Gasteiger partial charge in [0, 0.05) is 28.8 Å². The van der Waals surface area contributed by atoms with Crippen LogP contribution in [0.5, 0.6) is 0 Å². The van der Waals surface area contributed by atoms with Gasteiger partial charge in [0.25, 0.3) is 0 Å². The van der Waals surface area contributed by atoms with Crippen molar-refractivity contribution >= 4 is 33.2 Å². The standard InChI is InChI=1S/C17H20BrClN2/c1-12(13-4-7-15(19)8-5-13)21(3)16-9-6-14(11-20-2)17(18)10-16/h4-10,12,20H,11H2,1-3H3. The van der Waals surface area contributed by atoms with Gasteiger partial charge in [0.2, 0.25) is 0 Å². The van der Waals surface area contributed by atoms with Crippen molar-refractivity contribution in [2.45, 2.75) is 19.5 Å². The Hall–Kier alpha value is -1.03. The van der Waals surface area contributed by atoms with Crippen LogP contribution in [0.3, 0.4) is 0 Å². The summed E-state index contributed by atoms with van der Waals surface area (Å²) in [4.78, 5) is 2.26. The van der Waals surface area contributed by atoms with Gasteiger partial charge in [-0.05, 0) is 49.4 Å². The maximum absolute atomic E-state index is 5.96. The highest BCUT2D eigenvalue weighted by Crippen LogP contribution is 2.29. The highest BCUT2D eigenvalue weighted by molar-refractivity contribution is 9.10. The molecule has 0 heterocycles. The van der Waals surface area contributed by atoms with Crippen LogP contribution in [0.15, 0.2) is 46.9 Å². The summed E-state index contributed by atoms with van der Waals surface area (Å²) in [5, 5.41) is 3.94. The smallest absolute Gasteiger partial charge is 0.0511 e. The highest BCUT2D eigenvalue weighted by Gasteiger charge is 2.13. The first-order valence-corrected chi connectivity index (χ1v) is 8.11. The van der Waals surface area contributed by atoms with E-state index in [9.17, 15) is 0 Å². The molecule has 0 fully saturated rings. The summed E-state index contributed by atoms with van der Waals surface area (Å²) in [7, 11) is 4.06. The molecule has 0 saturated heterocycles. The van der Waals surface area contributed by atoms with Crippen LogP contribution in [-0.4, -0.2) is 14.1 Å². The summed E-state index contributed by atoms with van der Waals surface area (Å²) in [5.74, 6) is 0.